The number of fused-ring (bicyclic) bond motifs is 1. The molecule has 0 bridgehead atoms. The molecule has 1 saturated heterocycles. The normalized spacial score (nSPS) is 19.8. The Morgan fingerprint density at radius 3 is 2.55 bits per heavy atom. The van der Waals surface area contributed by atoms with E-state index in [1.165, 1.54) is 23.1 Å². The van der Waals surface area contributed by atoms with E-state index in [2.05, 4.69) is 10.0 Å². The molecule has 2 heterocycles. The second-order valence-corrected chi connectivity index (χ2v) is 9.20. The molecule has 2 aliphatic heterocycles. The Bertz CT molecular complexity index is 1150. The topological polar surface area (TPSA) is 133 Å². The van der Waals surface area contributed by atoms with Gasteiger partial charge in [0.15, 0.2) is 0 Å². The number of carbonyl (C=O) groups is 3. The Balaban J connectivity index is 1.55. The Labute approximate surface area is 179 Å². The van der Waals surface area contributed by atoms with Crippen LogP contribution in [0.5, 0.6) is 0 Å². The number of nitrogens with one attached hydrogen (secondary N) is 2. The molecule has 2 atom stereocenters. The minimum atomic E-state index is -4.03. The first-order chi connectivity index (χ1) is 14.8. The van der Waals surface area contributed by atoms with Gasteiger partial charge in [-0.25, -0.2) is 13.1 Å². The minimum Gasteiger partial charge on any atom is -0.387 e. The van der Waals surface area contributed by atoms with Crippen molar-refractivity contribution in [1.29, 1.82) is 0 Å². The first-order valence-electron chi connectivity index (χ1n) is 9.77. The maximum Gasteiger partial charge on any atom is 0.255 e. The minimum absolute atomic E-state index is 0.0568. The zero-order valence-electron chi connectivity index (χ0n) is 16.4. The van der Waals surface area contributed by atoms with Crippen molar-refractivity contribution < 1.29 is 27.9 Å². The van der Waals surface area contributed by atoms with Crippen molar-refractivity contribution in [3.05, 3.63) is 65.2 Å². The number of amides is 3. The summed E-state index contributed by atoms with van der Waals surface area (Å²) < 4.78 is 28.3. The van der Waals surface area contributed by atoms with Crippen LogP contribution in [-0.4, -0.2) is 48.7 Å². The third-order valence-electron chi connectivity index (χ3n) is 5.48. The molecule has 162 valence electrons. The smallest absolute Gasteiger partial charge is 0.255 e. The summed E-state index contributed by atoms with van der Waals surface area (Å²) >= 11 is 0. The summed E-state index contributed by atoms with van der Waals surface area (Å²) in [5.41, 5.74) is 1.07. The number of carbonyl (C=O) groups excluding carboxylic acids is 3. The molecule has 2 aliphatic rings. The third kappa shape index (κ3) is 4.09. The maximum atomic E-state index is 12.9. The SMILES string of the molecule is O=C1CCC(N2Cc3c(cccc3S(=O)(=O)NC[C@H](O)c3ccccc3)C2=O)C(=O)N1. The molecule has 9 nitrogen and oxygen atoms in total. The van der Waals surface area contributed by atoms with Gasteiger partial charge in [-0.15, -0.1) is 0 Å². The number of piperidine rings is 1. The van der Waals surface area contributed by atoms with Gasteiger partial charge in [0.1, 0.15) is 6.04 Å². The van der Waals surface area contributed by atoms with Crippen LogP contribution in [0.1, 0.15) is 40.4 Å². The Hall–Kier alpha value is -3.08. The van der Waals surface area contributed by atoms with Crippen molar-refractivity contribution in [3.8, 4) is 0 Å². The van der Waals surface area contributed by atoms with Crippen molar-refractivity contribution in [2.45, 2.75) is 36.4 Å². The van der Waals surface area contributed by atoms with E-state index in [-0.39, 0.29) is 36.4 Å². The van der Waals surface area contributed by atoms with E-state index in [1.54, 1.807) is 30.3 Å². The van der Waals surface area contributed by atoms with Crippen LogP contribution < -0.4 is 10.0 Å². The highest BCUT2D eigenvalue weighted by atomic mass is 32.2. The molecule has 0 aromatic heterocycles. The largest absolute Gasteiger partial charge is 0.387 e. The summed E-state index contributed by atoms with van der Waals surface area (Å²) in [7, 11) is -4.03. The average Bonchev–Trinajstić information content (AvgIpc) is 3.09. The summed E-state index contributed by atoms with van der Waals surface area (Å²) in [4.78, 5) is 37.7. The van der Waals surface area contributed by atoms with E-state index < -0.39 is 39.9 Å². The van der Waals surface area contributed by atoms with Gasteiger partial charge in [-0.3, -0.25) is 19.7 Å². The summed E-state index contributed by atoms with van der Waals surface area (Å²) in [5, 5.41) is 12.5. The summed E-state index contributed by atoms with van der Waals surface area (Å²) in [6.45, 7) is -0.292. The monoisotopic (exact) mass is 443 g/mol. The van der Waals surface area contributed by atoms with Crippen LogP contribution in [0.15, 0.2) is 53.4 Å². The predicted molar refractivity (Wildman–Crippen MR) is 109 cm³/mol. The van der Waals surface area contributed by atoms with E-state index in [1.807, 2.05) is 0 Å². The van der Waals surface area contributed by atoms with E-state index >= 15 is 0 Å². The van der Waals surface area contributed by atoms with Crippen LogP contribution in [0.3, 0.4) is 0 Å². The molecule has 0 radical (unpaired) electrons. The van der Waals surface area contributed by atoms with Gasteiger partial charge >= 0.3 is 0 Å². The number of nitrogens with zero attached hydrogens (tertiary/aromatic N) is 1. The molecular formula is C21H21N3O6S. The first-order valence-corrected chi connectivity index (χ1v) is 11.3. The summed E-state index contributed by atoms with van der Waals surface area (Å²) in [6.07, 6.45) is -0.733. The van der Waals surface area contributed by atoms with E-state index in [4.69, 9.17) is 0 Å². The number of hydrogen-bond donors (Lipinski definition) is 3. The number of rotatable bonds is 6. The lowest BCUT2D eigenvalue weighted by Gasteiger charge is -2.29. The second-order valence-electron chi connectivity index (χ2n) is 7.46. The molecule has 1 fully saturated rings. The zero-order chi connectivity index (χ0) is 22.2. The lowest BCUT2D eigenvalue weighted by molar-refractivity contribution is -0.136. The average molecular weight is 443 g/mol. The van der Waals surface area contributed by atoms with E-state index in [9.17, 15) is 27.9 Å². The highest BCUT2D eigenvalue weighted by Crippen LogP contribution is 2.31. The highest BCUT2D eigenvalue weighted by Gasteiger charge is 2.41. The molecule has 0 spiro atoms. The van der Waals surface area contributed by atoms with Crippen molar-refractivity contribution >= 4 is 27.7 Å². The molecule has 0 saturated carbocycles. The molecule has 31 heavy (non-hydrogen) atoms. The number of sulfonamides is 1. The van der Waals surface area contributed by atoms with Gasteiger partial charge in [-0.2, -0.15) is 0 Å². The molecule has 3 N–H and O–H groups in total. The van der Waals surface area contributed by atoms with Gasteiger partial charge in [0.05, 0.1) is 11.0 Å². The van der Waals surface area contributed by atoms with Gasteiger partial charge in [-0.1, -0.05) is 36.4 Å². The number of imide groups is 1. The van der Waals surface area contributed by atoms with Crippen LogP contribution in [0, 0.1) is 0 Å². The summed E-state index contributed by atoms with van der Waals surface area (Å²) in [6, 6.07) is 12.2. The Kier molecular flexibility index (Phi) is 5.61. The molecular weight excluding hydrogens is 422 g/mol. The van der Waals surface area contributed by atoms with Crippen molar-refractivity contribution in [3.63, 3.8) is 0 Å². The fourth-order valence-electron chi connectivity index (χ4n) is 3.87. The Morgan fingerprint density at radius 1 is 1.10 bits per heavy atom. The standard InChI is InChI=1S/C21H21N3O6S/c25-17(13-5-2-1-3-6-13)11-22-31(29,30)18-8-4-7-14-15(18)12-24(21(14)28)16-9-10-19(26)23-20(16)27/h1-8,16-17,22,25H,9-12H2,(H,23,26,27)/t16?,17-/m0/s1. The zero-order valence-corrected chi connectivity index (χ0v) is 17.3. The second kappa shape index (κ2) is 8.22. The van der Waals surface area contributed by atoms with Crippen molar-refractivity contribution in [2.75, 3.05) is 6.54 Å². The summed E-state index contributed by atoms with van der Waals surface area (Å²) in [5.74, 6) is -1.41. The van der Waals surface area contributed by atoms with Crippen LogP contribution in [-0.2, 0) is 26.2 Å². The van der Waals surface area contributed by atoms with Gasteiger partial charge in [0.2, 0.25) is 21.8 Å². The lowest BCUT2D eigenvalue weighted by atomic mass is 10.0. The third-order valence-corrected chi connectivity index (χ3v) is 6.99. The number of aliphatic hydroxyl groups excluding tert-OH is 1. The van der Waals surface area contributed by atoms with Gasteiger partial charge in [0.25, 0.3) is 5.91 Å². The first kappa shape index (κ1) is 21.2. The number of hydrogen-bond acceptors (Lipinski definition) is 6. The molecule has 2 aromatic rings. The van der Waals surface area contributed by atoms with Crippen molar-refractivity contribution in [2.24, 2.45) is 0 Å². The quantitative estimate of drug-likeness (QED) is 0.556. The number of aliphatic hydroxyl groups is 1. The van der Waals surface area contributed by atoms with Crippen LogP contribution in [0.25, 0.3) is 0 Å². The van der Waals surface area contributed by atoms with Crippen LogP contribution in [0.4, 0.5) is 0 Å². The molecule has 2 aromatic carbocycles. The van der Waals surface area contributed by atoms with Gasteiger partial charge in [0, 0.05) is 30.6 Å². The highest BCUT2D eigenvalue weighted by molar-refractivity contribution is 7.89. The lowest BCUT2D eigenvalue weighted by Crippen LogP contribution is -2.52. The fraction of sp³-hybridized carbons (Fsp3) is 0.286. The van der Waals surface area contributed by atoms with Gasteiger partial charge in [-0.05, 0) is 24.1 Å². The predicted octanol–water partition coefficient (Wildman–Crippen LogP) is 0.459. The molecule has 3 amide bonds. The number of benzene rings is 2. The van der Waals surface area contributed by atoms with E-state index in [0.717, 1.165) is 0 Å². The van der Waals surface area contributed by atoms with Crippen molar-refractivity contribution in [1.82, 2.24) is 14.9 Å². The van der Waals surface area contributed by atoms with Crippen LogP contribution in [0.2, 0.25) is 0 Å². The van der Waals surface area contributed by atoms with E-state index in [0.29, 0.717) is 11.1 Å². The Morgan fingerprint density at radius 2 is 1.84 bits per heavy atom. The molecule has 1 unspecified atom stereocenters. The molecule has 4 rings (SSSR count). The molecule has 0 aliphatic carbocycles. The molecule has 10 heteroatoms. The fourth-order valence-corrected chi connectivity index (χ4v) is 5.16. The van der Waals surface area contributed by atoms with Gasteiger partial charge < -0.3 is 10.0 Å². The van der Waals surface area contributed by atoms with Crippen LogP contribution >= 0.6 is 0 Å². The maximum absolute atomic E-state index is 12.9.